The number of rotatable bonds is 0. The number of hydrogen-bond donors (Lipinski definition) is 1. The zero-order chi connectivity index (χ0) is 8.48. The average Bonchev–Trinajstić information content (AvgIpc) is 1.95. The van der Waals surface area contributed by atoms with Crippen molar-refractivity contribution in [3.63, 3.8) is 0 Å². The Balaban J connectivity index is 2.82. The third-order valence-electron chi connectivity index (χ3n) is 2.14. The van der Waals surface area contributed by atoms with Gasteiger partial charge in [0.1, 0.15) is 0 Å². The van der Waals surface area contributed by atoms with Gasteiger partial charge < -0.3 is 5.21 Å². The summed E-state index contributed by atoms with van der Waals surface area (Å²) in [5, 5.41) is 12.0. The minimum absolute atomic E-state index is 0.167. The Morgan fingerprint density at radius 3 is 2.82 bits per heavy atom. The number of hydrogen-bond acceptors (Lipinski definition) is 2. The van der Waals surface area contributed by atoms with Gasteiger partial charge in [0, 0.05) is 4.83 Å². The van der Waals surface area contributed by atoms with E-state index in [1.807, 2.05) is 6.92 Å². The number of nitrogens with zero attached hydrogens (tertiary/aromatic N) is 1. The lowest BCUT2D eigenvalue weighted by Crippen LogP contribution is -2.41. The summed E-state index contributed by atoms with van der Waals surface area (Å²) in [6.07, 6.45) is 3.11. The largest absolute Gasteiger partial charge is 0.411 e. The van der Waals surface area contributed by atoms with E-state index in [1.54, 1.807) is 0 Å². The first-order valence-corrected chi connectivity index (χ1v) is 5.34. The van der Waals surface area contributed by atoms with Crippen molar-refractivity contribution in [2.75, 3.05) is 0 Å². The molecule has 11 heavy (non-hydrogen) atoms. The molecule has 1 rings (SSSR count). The van der Waals surface area contributed by atoms with Gasteiger partial charge >= 0.3 is 0 Å². The van der Waals surface area contributed by atoms with Gasteiger partial charge in [-0.3, -0.25) is 0 Å². The summed E-state index contributed by atoms with van der Waals surface area (Å²) < 4.78 is -0.167. The molecule has 1 N–H and O–H groups in total. The second kappa shape index (κ2) is 3.44. The van der Waals surface area contributed by atoms with Crippen molar-refractivity contribution in [3.05, 3.63) is 0 Å². The topological polar surface area (TPSA) is 32.6 Å². The lowest BCUT2D eigenvalue weighted by molar-refractivity contribution is 0.312. The maximum absolute atomic E-state index is 8.68. The molecule has 0 saturated heterocycles. The molecule has 0 heterocycles. The van der Waals surface area contributed by atoms with Crippen LogP contribution < -0.4 is 0 Å². The van der Waals surface area contributed by atoms with E-state index < -0.39 is 0 Å². The second-order valence-electron chi connectivity index (χ2n) is 2.98. The minimum atomic E-state index is -0.167. The first-order valence-electron chi connectivity index (χ1n) is 3.63. The van der Waals surface area contributed by atoms with Crippen molar-refractivity contribution in [1.29, 1.82) is 0 Å². The highest BCUT2D eigenvalue weighted by atomic mass is 79.9. The van der Waals surface area contributed by atoms with Crippen molar-refractivity contribution in [1.82, 2.24) is 0 Å². The molecule has 1 aliphatic carbocycles. The Bertz CT molecular complexity index is 179. The fourth-order valence-electron chi connectivity index (χ4n) is 1.29. The van der Waals surface area contributed by atoms with Gasteiger partial charge in [0.25, 0.3) is 0 Å². The summed E-state index contributed by atoms with van der Waals surface area (Å²) in [7, 11) is 0. The highest BCUT2D eigenvalue weighted by Gasteiger charge is 2.38. The molecule has 0 spiro atoms. The average molecular weight is 285 g/mol. The molecule has 2 unspecified atom stereocenters. The third-order valence-corrected chi connectivity index (χ3v) is 5.14. The molecule has 0 aromatic heterocycles. The van der Waals surface area contributed by atoms with E-state index in [1.165, 1.54) is 0 Å². The Hall–Kier alpha value is 0.430. The van der Waals surface area contributed by atoms with Gasteiger partial charge in [-0.2, -0.15) is 0 Å². The van der Waals surface area contributed by atoms with Crippen molar-refractivity contribution in [3.8, 4) is 0 Å². The van der Waals surface area contributed by atoms with Crippen LogP contribution in [0.3, 0.4) is 0 Å². The van der Waals surface area contributed by atoms with Crippen LogP contribution in [-0.4, -0.2) is 20.1 Å². The van der Waals surface area contributed by atoms with E-state index >= 15 is 0 Å². The summed E-state index contributed by atoms with van der Waals surface area (Å²) >= 11 is 7.10. The highest BCUT2D eigenvalue weighted by molar-refractivity contribution is 9.12. The lowest BCUT2D eigenvalue weighted by Gasteiger charge is -2.33. The molecule has 0 radical (unpaired) electrons. The normalized spacial score (nSPS) is 42.8. The molecule has 1 saturated carbocycles. The zero-order valence-corrected chi connectivity index (χ0v) is 9.52. The van der Waals surface area contributed by atoms with Crippen LogP contribution in [0.5, 0.6) is 0 Å². The van der Waals surface area contributed by atoms with E-state index in [-0.39, 0.29) is 4.32 Å². The summed E-state index contributed by atoms with van der Waals surface area (Å²) in [5.41, 5.74) is 0.839. The van der Waals surface area contributed by atoms with Crippen molar-refractivity contribution >= 4 is 37.6 Å². The van der Waals surface area contributed by atoms with Crippen molar-refractivity contribution in [2.24, 2.45) is 5.16 Å². The van der Waals surface area contributed by atoms with Crippen LogP contribution in [0.4, 0.5) is 0 Å². The van der Waals surface area contributed by atoms with Gasteiger partial charge in [0.05, 0.1) is 10.0 Å². The van der Waals surface area contributed by atoms with Crippen LogP contribution in [0.2, 0.25) is 0 Å². The molecule has 0 bridgehead atoms. The molecule has 2 atom stereocenters. The molecule has 2 nitrogen and oxygen atoms in total. The van der Waals surface area contributed by atoms with Crippen molar-refractivity contribution in [2.45, 2.75) is 35.3 Å². The first kappa shape index (κ1) is 9.52. The lowest BCUT2D eigenvalue weighted by atomic mass is 9.88. The Morgan fingerprint density at radius 1 is 1.73 bits per heavy atom. The van der Waals surface area contributed by atoms with E-state index in [2.05, 4.69) is 37.0 Å². The molecule has 0 aromatic carbocycles. The van der Waals surface area contributed by atoms with E-state index in [0.717, 1.165) is 25.0 Å². The summed E-state index contributed by atoms with van der Waals surface area (Å²) in [6, 6.07) is 0. The fourth-order valence-corrected chi connectivity index (χ4v) is 2.39. The van der Waals surface area contributed by atoms with Gasteiger partial charge in [-0.15, -0.1) is 0 Å². The molecular formula is C7H11Br2NO. The molecule has 1 aliphatic rings. The standard InChI is InChI=1S/C7H11Br2NO/c1-7(9)5(8)3-2-4-6(7)10-11/h5,11H,2-4H2,1H3/b10-6+. The second-order valence-corrected chi connectivity index (χ2v) is 5.73. The molecule has 0 aliphatic heterocycles. The monoisotopic (exact) mass is 283 g/mol. The van der Waals surface area contributed by atoms with Gasteiger partial charge in [-0.1, -0.05) is 37.0 Å². The van der Waals surface area contributed by atoms with Crippen molar-refractivity contribution < 1.29 is 5.21 Å². The Morgan fingerprint density at radius 2 is 2.36 bits per heavy atom. The van der Waals surface area contributed by atoms with E-state index in [9.17, 15) is 0 Å². The van der Waals surface area contributed by atoms with Crippen LogP contribution in [0.1, 0.15) is 26.2 Å². The highest BCUT2D eigenvalue weighted by Crippen LogP contribution is 2.38. The summed E-state index contributed by atoms with van der Waals surface area (Å²) in [6.45, 7) is 2.03. The maximum atomic E-state index is 8.68. The van der Waals surface area contributed by atoms with Crippen LogP contribution in [0, 0.1) is 0 Å². The van der Waals surface area contributed by atoms with Crippen LogP contribution in [-0.2, 0) is 0 Å². The zero-order valence-electron chi connectivity index (χ0n) is 6.35. The Kier molecular flexibility index (Phi) is 2.97. The third kappa shape index (κ3) is 1.78. The van der Waals surface area contributed by atoms with Crippen LogP contribution in [0.15, 0.2) is 5.16 Å². The predicted molar refractivity (Wildman–Crippen MR) is 53.1 cm³/mol. The van der Waals surface area contributed by atoms with E-state index in [4.69, 9.17) is 5.21 Å². The molecule has 4 heteroatoms. The minimum Gasteiger partial charge on any atom is -0.411 e. The first-order chi connectivity index (χ1) is 5.09. The van der Waals surface area contributed by atoms with Gasteiger partial charge in [0.15, 0.2) is 0 Å². The van der Waals surface area contributed by atoms with E-state index in [0.29, 0.717) is 4.83 Å². The predicted octanol–water partition coefficient (Wildman–Crippen LogP) is 2.92. The molecule has 0 amide bonds. The quantitative estimate of drug-likeness (QED) is 0.414. The Labute approximate surface area is 83.3 Å². The molecule has 0 aromatic rings. The summed E-state index contributed by atoms with van der Waals surface area (Å²) in [5.74, 6) is 0. The number of oxime groups is 1. The summed E-state index contributed by atoms with van der Waals surface area (Å²) in [4.78, 5) is 0.370. The number of alkyl halides is 2. The molecule has 1 fully saturated rings. The maximum Gasteiger partial charge on any atom is 0.0768 e. The number of halogens is 2. The van der Waals surface area contributed by atoms with Crippen LogP contribution >= 0.6 is 31.9 Å². The van der Waals surface area contributed by atoms with Gasteiger partial charge in [-0.05, 0) is 26.2 Å². The van der Waals surface area contributed by atoms with Gasteiger partial charge in [0.2, 0.25) is 0 Å². The SMILES string of the molecule is CC1(Br)/C(=N/O)CCCC1Br. The fraction of sp³-hybridized carbons (Fsp3) is 0.857. The molecular weight excluding hydrogens is 274 g/mol. The molecule has 64 valence electrons. The van der Waals surface area contributed by atoms with Gasteiger partial charge in [-0.25, -0.2) is 0 Å². The smallest absolute Gasteiger partial charge is 0.0768 e. The van der Waals surface area contributed by atoms with Crippen LogP contribution in [0.25, 0.3) is 0 Å².